The van der Waals surface area contributed by atoms with E-state index < -0.39 is 32.5 Å². The maximum Gasteiger partial charge on any atom is 0.472 e. The number of hydrogen-bond donors (Lipinski definition) is 2. The summed E-state index contributed by atoms with van der Waals surface area (Å²) in [6, 6.07) is 0. The van der Waals surface area contributed by atoms with Gasteiger partial charge in [0.1, 0.15) is 6.61 Å². The first-order chi connectivity index (χ1) is 37.8. The molecule has 0 aromatic rings. The first-order valence-electron chi connectivity index (χ1n) is 31.7. The van der Waals surface area contributed by atoms with Crippen molar-refractivity contribution >= 4 is 19.8 Å². The van der Waals surface area contributed by atoms with Crippen molar-refractivity contribution in [3.8, 4) is 0 Å². The number of esters is 2. The topological polar surface area (TPSA) is 134 Å². The van der Waals surface area contributed by atoms with Crippen LogP contribution in [0.25, 0.3) is 0 Å². The van der Waals surface area contributed by atoms with Crippen molar-refractivity contribution in [2.45, 2.75) is 290 Å². The van der Waals surface area contributed by atoms with Crippen molar-refractivity contribution in [2.24, 2.45) is 5.73 Å². The van der Waals surface area contributed by atoms with Crippen molar-refractivity contribution < 1.29 is 37.6 Å². The molecule has 2 atom stereocenters. The van der Waals surface area contributed by atoms with Crippen molar-refractivity contribution in [3.63, 3.8) is 0 Å². The van der Waals surface area contributed by atoms with Crippen molar-refractivity contribution in [1.82, 2.24) is 0 Å². The molecule has 0 rings (SSSR count). The van der Waals surface area contributed by atoms with Gasteiger partial charge < -0.3 is 20.1 Å². The molecular weight excluding hydrogens is 978 g/mol. The Morgan fingerprint density at radius 1 is 0.390 bits per heavy atom. The van der Waals surface area contributed by atoms with E-state index in [0.717, 1.165) is 96.3 Å². The van der Waals surface area contributed by atoms with Crippen molar-refractivity contribution in [3.05, 3.63) is 97.2 Å². The Labute approximate surface area is 474 Å². The van der Waals surface area contributed by atoms with E-state index in [1.807, 2.05) is 0 Å². The van der Waals surface area contributed by atoms with Gasteiger partial charge in [-0.15, -0.1) is 0 Å². The Balaban J connectivity index is 3.81. The monoisotopic (exact) mass is 1100 g/mol. The molecule has 0 radical (unpaired) electrons. The van der Waals surface area contributed by atoms with Gasteiger partial charge in [-0.05, 0) is 89.9 Å². The summed E-state index contributed by atoms with van der Waals surface area (Å²) in [5, 5.41) is 0. The van der Waals surface area contributed by atoms with Gasteiger partial charge in [0.05, 0.1) is 13.2 Å². The number of hydrogen-bond acceptors (Lipinski definition) is 8. The molecule has 444 valence electrons. The Kier molecular flexibility index (Phi) is 59.7. The van der Waals surface area contributed by atoms with Gasteiger partial charge in [0.2, 0.25) is 0 Å². The number of unbranched alkanes of at least 4 members (excludes halogenated alkanes) is 30. The number of phosphoric ester groups is 1. The van der Waals surface area contributed by atoms with Crippen LogP contribution in [0.5, 0.6) is 0 Å². The molecule has 3 N–H and O–H groups in total. The Hall–Kier alpha value is -3.07. The van der Waals surface area contributed by atoms with E-state index >= 15 is 0 Å². The number of rotatable bonds is 59. The van der Waals surface area contributed by atoms with Gasteiger partial charge >= 0.3 is 19.8 Å². The molecule has 0 saturated heterocycles. The lowest BCUT2D eigenvalue weighted by molar-refractivity contribution is -0.161. The zero-order valence-electron chi connectivity index (χ0n) is 49.7. The zero-order chi connectivity index (χ0) is 55.9. The molecule has 0 fully saturated rings. The highest BCUT2D eigenvalue weighted by Gasteiger charge is 2.26. The van der Waals surface area contributed by atoms with Gasteiger partial charge in [-0.3, -0.25) is 18.6 Å². The third-order valence-electron chi connectivity index (χ3n) is 13.5. The highest BCUT2D eigenvalue weighted by molar-refractivity contribution is 7.47. The summed E-state index contributed by atoms with van der Waals surface area (Å²) < 4.78 is 33.0. The van der Waals surface area contributed by atoms with Crippen LogP contribution in [0.1, 0.15) is 284 Å². The highest BCUT2D eigenvalue weighted by atomic mass is 31.2. The predicted molar refractivity (Wildman–Crippen MR) is 330 cm³/mol. The molecule has 0 saturated carbocycles. The minimum absolute atomic E-state index is 0.0476. The number of carbonyl (C=O) groups is 2. The van der Waals surface area contributed by atoms with Crippen LogP contribution in [0, 0.1) is 0 Å². The van der Waals surface area contributed by atoms with Crippen LogP contribution < -0.4 is 5.73 Å². The van der Waals surface area contributed by atoms with Crippen LogP contribution in [0.3, 0.4) is 0 Å². The molecule has 0 aliphatic carbocycles. The SMILES string of the molecule is CC/C=C\C/C=C\C/C=C\C/C=C\CCCCCCCCCCCCCCCCCCCCCCCCCCCCC(=O)OC(COC(=O)CCCCCC/C=C\C/C=C\C/C=C\C/C=C\CC)COP(=O)(O)OCCN. The summed E-state index contributed by atoms with van der Waals surface area (Å²) in [5.74, 6) is -0.850. The number of ether oxygens (including phenoxy) is 2. The lowest BCUT2D eigenvalue weighted by Gasteiger charge is -2.19. The molecule has 9 nitrogen and oxygen atoms in total. The summed E-state index contributed by atoms with van der Waals surface area (Å²) in [7, 11) is -4.40. The van der Waals surface area contributed by atoms with Crippen LogP contribution in [0.4, 0.5) is 0 Å². The van der Waals surface area contributed by atoms with Gasteiger partial charge in [-0.25, -0.2) is 4.57 Å². The average molecular weight is 1100 g/mol. The van der Waals surface area contributed by atoms with Gasteiger partial charge in [-0.1, -0.05) is 278 Å². The molecular formula is C67H118NO8P. The molecule has 10 heteroatoms. The van der Waals surface area contributed by atoms with Gasteiger partial charge in [0.15, 0.2) is 6.10 Å². The first-order valence-corrected chi connectivity index (χ1v) is 33.2. The second-order valence-corrected chi connectivity index (χ2v) is 22.3. The molecule has 0 aliphatic heterocycles. The lowest BCUT2D eigenvalue weighted by atomic mass is 10.0. The standard InChI is InChI=1S/C67H118NO8P/c1-3-5-7-9-11-13-15-17-19-21-22-23-24-25-26-27-28-29-30-31-32-33-34-35-36-37-38-39-40-41-42-44-46-48-50-52-54-56-58-60-67(70)76-65(64-75-77(71,72)74-62-61-68)63-73-66(69)59-57-55-53-51-49-47-45-43-20-18-16-14-12-10-8-6-4-2/h5-8,11-14,17-20,22-23,45,47,65H,3-4,9-10,15-16,21,24-44,46,48-64,68H2,1-2H3,(H,71,72)/b7-5-,8-6-,13-11-,14-12-,19-17-,20-18-,23-22-,47-45-. The molecule has 0 aromatic carbocycles. The maximum atomic E-state index is 12.7. The van der Waals surface area contributed by atoms with Crippen molar-refractivity contribution in [1.29, 1.82) is 0 Å². The molecule has 0 amide bonds. The maximum absolute atomic E-state index is 12.7. The second-order valence-electron chi connectivity index (χ2n) is 20.9. The second kappa shape index (κ2) is 62.1. The molecule has 0 heterocycles. The van der Waals surface area contributed by atoms with Crippen LogP contribution in [0.2, 0.25) is 0 Å². The summed E-state index contributed by atoms with van der Waals surface area (Å²) in [6.07, 6.45) is 83.6. The molecule has 0 aliphatic rings. The Morgan fingerprint density at radius 2 is 0.675 bits per heavy atom. The van der Waals surface area contributed by atoms with E-state index in [0.29, 0.717) is 12.8 Å². The van der Waals surface area contributed by atoms with Gasteiger partial charge in [-0.2, -0.15) is 0 Å². The van der Waals surface area contributed by atoms with E-state index in [2.05, 4.69) is 111 Å². The van der Waals surface area contributed by atoms with E-state index in [1.165, 1.54) is 148 Å². The van der Waals surface area contributed by atoms with Crippen LogP contribution in [-0.4, -0.2) is 49.3 Å². The quantitative estimate of drug-likeness (QED) is 0.0264. The fourth-order valence-corrected chi connectivity index (χ4v) is 9.62. The zero-order valence-corrected chi connectivity index (χ0v) is 50.6. The largest absolute Gasteiger partial charge is 0.472 e. The molecule has 0 bridgehead atoms. The van der Waals surface area contributed by atoms with E-state index in [1.54, 1.807) is 0 Å². The predicted octanol–water partition coefficient (Wildman–Crippen LogP) is 20.4. The van der Waals surface area contributed by atoms with Crippen LogP contribution in [-0.2, 0) is 32.7 Å². The normalized spacial score (nSPS) is 13.7. The summed E-state index contributed by atoms with van der Waals surface area (Å²) in [6.45, 7) is 3.51. The summed E-state index contributed by atoms with van der Waals surface area (Å²) in [4.78, 5) is 35.2. The van der Waals surface area contributed by atoms with Gasteiger partial charge in [0.25, 0.3) is 0 Å². The minimum Gasteiger partial charge on any atom is -0.462 e. The average Bonchev–Trinajstić information content (AvgIpc) is 3.42. The minimum atomic E-state index is -4.40. The number of carbonyl (C=O) groups excluding carboxylic acids is 2. The third kappa shape index (κ3) is 62.0. The van der Waals surface area contributed by atoms with E-state index in [9.17, 15) is 19.0 Å². The van der Waals surface area contributed by atoms with Crippen LogP contribution >= 0.6 is 7.82 Å². The lowest BCUT2D eigenvalue weighted by Crippen LogP contribution is -2.29. The van der Waals surface area contributed by atoms with Gasteiger partial charge in [0, 0.05) is 19.4 Å². The van der Waals surface area contributed by atoms with Crippen molar-refractivity contribution in [2.75, 3.05) is 26.4 Å². The third-order valence-corrected chi connectivity index (χ3v) is 14.4. The first kappa shape index (κ1) is 73.9. The molecule has 0 spiro atoms. The summed E-state index contributed by atoms with van der Waals surface area (Å²) >= 11 is 0. The fourth-order valence-electron chi connectivity index (χ4n) is 8.86. The van der Waals surface area contributed by atoms with E-state index in [4.69, 9.17) is 24.3 Å². The Morgan fingerprint density at radius 3 is 1.00 bits per heavy atom. The fraction of sp³-hybridized carbons (Fsp3) is 0.731. The number of allylic oxidation sites excluding steroid dienone is 16. The summed E-state index contributed by atoms with van der Waals surface area (Å²) in [5.41, 5.74) is 5.38. The van der Waals surface area contributed by atoms with Crippen LogP contribution in [0.15, 0.2) is 97.2 Å². The highest BCUT2D eigenvalue weighted by Crippen LogP contribution is 2.43. The number of phosphoric acid groups is 1. The smallest absolute Gasteiger partial charge is 0.462 e. The molecule has 0 aromatic heterocycles. The van der Waals surface area contributed by atoms with E-state index in [-0.39, 0.29) is 32.6 Å². The number of nitrogens with two attached hydrogens (primary N) is 1. The molecule has 77 heavy (non-hydrogen) atoms. The molecule has 2 unspecified atom stereocenters. The Bertz CT molecular complexity index is 1580.